The van der Waals surface area contributed by atoms with Gasteiger partial charge in [0.05, 0.1) is 0 Å². The Hall–Kier alpha value is -0.530. The SMILES string of the molecule is CCC(C)[C@H]1CC[C@]2(CCC(=O)O2)CC1. The van der Waals surface area contributed by atoms with Gasteiger partial charge >= 0.3 is 5.97 Å². The summed E-state index contributed by atoms with van der Waals surface area (Å²) < 4.78 is 5.51. The van der Waals surface area contributed by atoms with Gasteiger partial charge in [0.15, 0.2) is 0 Å². The second kappa shape index (κ2) is 4.15. The summed E-state index contributed by atoms with van der Waals surface area (Å²) in [4.78, 5) is 11.2. The zero-order chi connectivity index (χ0) is 10.9. The van der Waals surface area contributed by atoms with Crippen LogP contribution in [0.1, 0.15) is 58.8 Å². The lowest BCUT2D eigenvalue weighted by atomic mass is 9.72. The first kappa shape index (κ1) is 11.0. The lowest BCUT2D eigenvalue weighted by Crippen LogP contribution is -2.35. The summed E-state index contributed by atoms with van der Waals surface area (Å²) in [6.45, 7) is 4.62. The van der Waals surface area contributed by atoms with Gasteiger partial charge in [-0.1, -0.05) is 20.3 Å². The van der Waals surface area contributed by atoms with E-state index in [-0.39, 0.29) is 11.6 Å². The van der Waals surface area contributed by atoms with Gasteiger partial charge in [0.2, 0.25) is 0 Å². The maximum absolute atomic E-state index is 11.2. The topological polar surface area (TPSA) is 26.3 Å². The second-order valence-corrected chi connectivity index (χ2v) is 5.38. The predicted octanol–water partition coefficient (Wildman–Crippen LogP) is 3.30. The third-order valence-corrected chi connectivity index (χ3v) is 4.51. The predicted molar refractivity (Wildman–Crippen MR) is 59.5 cm³/mol. The minimum absolute atomic E-state index is 0.0250. The molecule has 0 aromatic heterocycles. The van der Waals surface area contributed by atoms with E-state index in [2.05, 4.69) is 13.8 Å². The molecule has 1 spiro atoms. The van der Waals surface area contributed by atoms with Gasteiger partial charge in [-0.05, 0) is 43.9 Å². The molecule has 15 heavy (non-hydrogen) atoms. The second-order valence-electron chi connectivity index (χ2n) is 5.38. The summed E-state index contributed by atoms with van der Waals surface area (Å²) in [5, 5.41) is 0. The Kier molecular flexibility index (Phi) is 3.03. The third kappa shape index (κ3) is 2.19. The molecule has 1 aliphatic carbocycles. The van der Waals surface area contributed by atoms with Gasteiger partial charge in [-0.15, -0.1) is 0 Å². The maximum Gasteiger partial charge on any atom is 0.306 e. The standard InChI is InChI=1S/C13H22O2/c1-3-10(2)11-4-7-13(8-5-11)9-6-12(14)15-13/h10-11H,3-9H2,1-2H3/t10?,11-,13+. The molecule has 1 saturated carbocycles. The van der Waals surface area contributed by atoms with E-state index in [0.717, 1.165) is 31.1 Å². The van der Waals surface area contributed by atoms with Crippen molar-refractivity contribution in [1.82, 2.24) is 0 Å². The van der Waals surface area contributed by atoms with E-state index in [1.165, 1.54) is 19.3 Å². The van der Waals surface area contributed by atoms with Crippen molar-refractivity contribution in [3.8, 4) is 0 Å². The Bertz CT molecular complexity index is 239. The molecule has 0 radical (unpaired) electrons. The molecular weight excluding hydrogens is 188 g/mol. The Morgan fingerprint density at radius 1 is 1.40 bits per heavy atom. The highest BCUT2D eigenvalue weighted by Gasteiger charge is 2.43. The molecule has 1 unspecified atom stereocenters. The van der Waals surface area contributed by atoms with Crippen molar-refractivity contribution in [2.45, 2.75) is 64.4 Å². The van der Waals surface area contributed by atoms with Crippen LogP contribution in [0.2, 0.25) is 0 Å². The number of carbonyl (C=O) groups is 1. The van der Waals surface area contributed by atoms with Crippen molar-refractivity contribution >= 4 is 5.97 Å². The van der Waals surface area contributed by atoms with Gasteiger partial charge in [0.1, 0.15) is 5.60 Å². The molecule has 2 fully saturated rings. The van der Waals surface area contributed by atoms with Gasteiger partial charge < -0.3 is 4.74 Å². The molecule has 1 saturated heterocycles. The molecule has 2 nitrogen and oxygen atoms in total. The summed E-state index contributed by atoms with van der Waals surface area (Å²) in [5.41, 5.74) is -0.0406. The van der Waals surface area contributed by atoms with Crippen LogP contribution in [-0.4, -0.2) is 11.6 Å². The minimum Gasteiger partial charge on any atom is -0.459 e. The van der Waals surface area contributed by atoms with Gasteiger partial charge in [-0.25, -0.2) is 0 Å². The molecule has 0 bridgehead atoms. The monoisotopic (exact) mass is 210 g/mol. The van der Waals surface area contributed by atoms with Crippen LogP contribution in [0.15, 0.2) is 0 Å². The Balaban J connectivity index is 1.89. The summed E-state index contributed by atoms with van der Waals surface area (Å²) in [5.74, 6) is 1.72. The van der Waals surface area contributed by atoms with Crippen LogP contribution in [0.4, 0.5) is 0 Å². The van der Waals surface area contributed by atoms with Gasteiger partial charge in [-0.2, -0.15) is 0 Å². The van der Waals surface area contributed by atoms with E-state index in [4.69, 9.17) is 4.74 Å². The molecule has 0 amide bonds. The molecule has 0 aromatic carbocycles. The summed E-state index contributed by atoms with van der Waals surface area (Å²) >= 11 is 0. The Morgan fingerprint density at radius 3 is 2.53 bits per heavy atom. The molecule has 1 aliphatic heterocycles. The maximum atomic E-state index is 11.2. The van der Waals surface area contributed by atoms with Crippen molar-refractivity contribution in [3.05, 3.63) is 0 Å². The lowest BCUT2D eigenvalue weighted by Gasteiger charge is -2.37. The average Bonchev–Trinajstić information content (AvgIpc) is 2.60. The van der Waals surface area contributed by atoms with E-state index in [1.807, 2.05) is 0 Å². The summed E-state index contributed by atoms with van der Waals surface area (Å²) in [7, 11) is 0. The first-order valence-corrected chi connectivity index (χ1v) is 6.37. The summed E-state index contributed by atoms with van der Waals surface area (Å²) in [6, 6.07) is 0. The van der Waals surface area contributed by atoms with Crippen molar-refractivity contribution in [1.29, 1.82) is 0 Å². The number of hydrogen-bond acceptors (Lipinski definition) is 2. The van der Waals surface area contributed by atoms with Crippen LogP contribution < -0.4 is 0 Å². The first-order chi connectivity index (χ1) is 7.15. The average molecular weight is 210 g/mol. The third-order valence-electron chi connectivity index (χ3n) is 4.51. The molecule has 0 N–H and O–H groups in total. The molecule has 2 aliphatic rings. The van der Waals surface area contributed by atoms with Crippen LogP contribution >= 0.6 is 0 Å². The lowest BCUT2D eigenvalue weighted by molar-refractivity contribution is -0.151. The largest absolute Gasteiger partial charge is 0.459 e. The molecule has 2 rings (SSSR count). The number of esters is 1. The molecule has 0 aromatic rings. The fourth-order valence-electron chi connectivity index (χ4n) is 3.09. The van der Waals surface area contributed by atoms with Crippen molar-refractivity contribution in [2.24, 2.45) is 11.8 Å². The van der Waals surface area contributed by atoms with E-state index in [0.29, 0.717) is 6.42 Å². The van der Waals surface area contributed by atoms with E-state index in [1.54, 1.807) is 0 Å². The van der Waals surface area contributed by atoms with Gasteiger partial charge in [0.25, 0.3) is 0 Å². The van der Waals surface area contributed by atoms with Gasteiger partial charge in [0, 0.05) is 6.42 Å². The van der Waals surface area contributed by atoms with Crippen LogP contribution in [0, 0.1) is 11.8 Å². The number of hydrogen-bond donors (Lipinski definition) is 0. The molecule has 2 heteroatoms. The van der Waals surface area contributed by atoms with Crippen LogP contribution in [0.3, 0.4) is 0 Å². The number of rotatable bonds is 2. The fourth-order valence-corrected chi connectivity index (χ4v) is 3.09. The first-order valence-electron chi connectivity index (χ1n) is 6.37. The Labute approximate surface area is 92.4 Å². The fraction of sp³-hybridized carbons (Fsp3) is 0.923. The molecule has 86 valence electrons. The quantitative estimate of drug-likeness (QED) is 0.654. The highest BCUT2D eigenvalue weighted by atomic mass is 16.6. The van der Waals surface area contributed by atoms with Crippen molar-refractivity contribution < 1.29 is 9.53 Å². The van der Waals surface area contributed by atoms with Crippen molar-refractivity contribution in [3.63, 3.8) is 0 Å². The highest BCUT2D eigenvalue weighted by Crippen LogP contribution is 2.44. The zero-order valence-corrected chi connectivity index (χ0v) is 9.92. The Morgan fingerprint density at radius 2 is 2.07 bits per heavy atom. The highest BCUT2D eigenvalue weighted by molar-refractivity contribution is 5.72. The molecule has 1 heterocycles. The van der Waals surface area contributed by atoms with E-state index < -0.39 is 0 Å². The zero-order valence-electron chi connectivity index (χ0n) is 9.92. The number of ether oxygens (including phenoxy) is 1. The number of carbonyl (C=O) groups excluding carboxylic acids is 1. The molecule has 1 atom stereocenters. The summed E-state index contributed by atoms with van der Waals surface area (Å²) in [6.07, 6.45) is 7.61. The van der Waals surface area contributed by atoms with Crippen molar-refractivity contribution in [2.75, 3.05) is 0 Å². The van der Waals surface area contributed by atoms with Crippen LogP contribution in [0.25, 0.3) is 0 Å². The van der Waals surface area contributed by atoms with Gasteiger partial charge in [-0.3, -0.25) is 4.79 Å². The minimum atomic E-state index is -0.0406. The van der Waals surface area contributed by atoms with E-state index in [9.17, 15) is 4.79 Å². The van der Waals surface area contributed by atoms with E-state index >= 15 is 0 Å². The normalized spacial score (nSPS) is 38.0. The smallest absolute Gasteiger partial charge is 0.306 e. The van der Waals surface area contributed by atoms with Crippen LogP contribution in [0.5, 0.6) is 0 Å². The molecular formula is C13H22O2. The van der Waals surface area contributed by atoms with Crippen LogP contribution in [-0.2, 0) is 9.53 Å².